The fourth-order valence-corrected chi connectivity index (χ4v) is 3.08. The molecule has 0 bridgehead atoms. The first-order valence-electron chi connectivity index (χ1n) is 6.03. The summed E-state index contributed by atoms with van der Waals surface area (Å²) in [5.74, 6) is 0.641. The van der Waals surface area contributed by atoms with Crippen LogP contribution in [-0.2, 0) is 0 Å². The molecule has 2 rings (SSSR count). The van der Waals surface area contributed by atoms with E-state index < -0.39 is 0 Å². The second-order valence-electron chi connectivity index (χ2n) is 4.18. The highest BCUT2D eigenvalue weighted by atomic mass is 35.5. The lowest BCUT2D eigenvalue weighted by Crippen LogP contribution is -2.30. The summed E-state index contributed by atoms with van der Waals surface area (Å²) in [6.07, 6.45) is 0.576. The summed E-state index contributed by atoms with van der Waals surface area (Å²) >= 11 is 13.6. The Morgan fingerprint density at radius 3 is 2.53 bits per heavy atom. The smallest absolute Gasteiger partial charge is 0.148 e. The number of benzene rings is 1. The lowest BCUT2D eigenvalue weighted by molar-refractivity contribution is 0.175. The molecule has 1 aromatic carbocycles. The van der Waals surface area contributed by atoms with Gasteiger partial charge in [0.2, 0.25) is 0 Å². The third-order valence-electron chi connectivity index (χ3n) is 2.83. The average molecular weight is 316 g/mol. The van der Waals surface area contributed by atoms with Crippen molar-refractivity contribution in [1.82, 2.24) is 0 Å². The van der Waals surface area contributed by atoms with Crippen molar-refractivity contribution < 1.29 is 4.74 Å². The molecule has 0 saturated heterocycles. The van der Waals surface area contributed by atoms with E-state index in [2.05, 4.69) is 0 Å². The minimum atomic E-state index is -0.234. The second kappa shape index (κ2) is 6.62. The van der Waals surface area contributed by atoms with E-state index >= 15 is 0 Å². The van der Waals surface area contributed by atoms with Crippen molar-refractivity contribution in [3.05, 3.63) is 50.6 Å². The first-order valence-corrected chi connectivity index (χ1v) is 7.61. The van der Waals surface area contributed by atoms with Crippen LogP contribution in [0, 0.1) is 0 Å². The number of halogens is 2. The van der Waals surface area contributed by atoms with Gasteiger partial charge < -0.3 is 10.5 Å². The SMILES string of the molecule is CCC(N)C(Oc1ccccc1Cl)c1ccc(Cl)s1. The highest BCUT2D eigenvalue weighted by molar-refractivity contribution is 7.16. The Kier molecular flexibility index (Phi) is 5.11. The van der Waals surface area contributed by atoms with Crippen LogP contribution in [0.5, 0.6) is 5.75 Å². The molecule has 0 fully saturated rings. The number of thiophene rings is 1. The first kappa shape index (κ1) is 14.7. The van der Waals surface area contributed by atoms with Crippen LogP contribution >= 0.6 is 34.5 Å². The molecule has 0 spiro atoms. The molecule has 0 aliphatic rings. The first-order chi connectivity index (χ1) is 9.11. The van der Waals surface area contributed by atoms with Crippen LogP contribution in [0.15, 0.2) is 36.4 Å². The van der Waals surface area contributed by atoms with E-state index in [1.807, 2.05) is 37.3 Å². The van der Waals surface area contributed by atoms with Crippen molar-refractivity contribution in [2.45, 2.75) is 25.5 Å². The maximum atomic E-state index is 6.15. The molecule has 0 saturated carbocycles. The lowest BCUT2D eigenvalue weighted by Gasteiger charge is -2.23. The van der Waals surface area contributed by atoms with Gasteiger partial charge in [0.1, 0.15) is 11.9 Å². The standard InChI is InChI=1S/C14H15Cl2NOS/c1-2-10(17)14(12-7-8-13(16)19-12)18-11-6-4-3-5-9(11)15/h3-8,10,14H,2,17H2,1H3. The number of rotatable bonds is 5. The van der Waals surface area contributed by atoms with Crippen LogP contribution in [-0.4, -0.2) is 6.04 Å². The van der Waals surface area contributed by atoms with Gasteiger partial charge in [-0.3, -0.25) is 0 Å². The van der Waals surface area contributed by atoms with Gasteiger partial charge in [0, 0.05) is 10.9 Å². The summed E-state index contributed by atoms with van der Waals surface area (Å²) in [7, 11) is 0. The molecule has 2 nitrogen and oxygen atoms in total. The van der Waals surface area contributed by atoms with Crippen molar-refractivity contribution in [1.29, 1.82) is 0 Å². The van der Waals surface area contributed by atoms with Crippen LogP contribution < -0.4 is 10.5 Å². The monoisotopic (exact) mass is 315 g/mol. The van der Waals surface area contributed by atoms with Crippen LogP contribution in [0.3, 0.4) is 0 Å². The van der Waals surface area contributed by atoms with Gasteiger partial charge in [0.15, 0.2) is 0 Å². The molecule has 0 aliphatic carbocycles. The average Bonchev–Trinajstić information content (AvgIpc) is 2.83. The minimum Gasteiger partial charge on any atom is -0.482 e. The lowest BCUT2D eigenvalue weighted by atomic mass is 10.1. The summed E-state index contributed by atoms with van der Waals surface area (Å²) in [6, 6.07) is 11.1. The normalized spacial score (nSPS) is 14.1. The predicted molar refractivity (Wildman–Crippen MR) is 82.4 cm³/mol. The third kappa shape index (κ3) is 3.63. The van der Waals surface area contributed by atoms with E-state index in [0.29, 0.717) is 10.8 Å². The van der Waals surface area contributed by atoms with E-state index in [0.717, 1.165) is 15.6 Å². The van der Waals surface area contributed by atoms with Gasteiger partial charge in [-0.15, -0.1) is 11.3 Å². The zero-order valence-electron chi connectivity index (χ0n) is 10.5. The Hall–Kier alpha value is -0.740. The van der Waals surface area contributed by atoms with Crippen molar-refractivity contribution in [3.8, 4) is 5.75 Å². The molecule has 1 heterocycles. The molecular weight excluding hydrogens is 301 g/mol. The molecule has 2 aromatic rings. The summed E-state index contributed by atoms with van der Waals surface area (Å²) in [6.45, 7) is 2.03. The molecule has 102 valence electrons. The molecule has 2 N–H and O–H groups in total. The molecule has 2 unspecified atom stereocenters. The predicted octanol–water partition coefficient (Wildman–Crippen LogP) is 4.91. The fourth-order valence-electron chi connectivity index (χ4n) is 1.73. The maximum Gasteiger partial charge on any atom is 0.148 e. The van der Waals surface area contributed by atoms with Gasteiger partial charge >= 0.3 is 0 Å². The molecule has 0 aliphatic heterocycles. The van der Waals surface area contributed by atoms with Crippen LogP contribution in [0.2, 0.25) is 9.36 Å². The fraction of sp³-hybridized carbons (Fsp3) is 0.286. The van der Waals surface area contributed by atoms with Crippen molar-refractivity contribution in [3.63, 3.8) is 0 Å². The van der Waals surface area contributed by atoms with Gasteiger partial charge in [-0.05, 0) is 30.7 Å². The Balaban J connectivity index is 2.27. The van der Waals surface area contributed by atoms with Gasteiger partial charge in [0.25, 0.3) is 0 Å². The molecule has 2 atom stereocenters. The topological polar surface area (TPSA) is 35.2 Å². The Morgan fingerprint density at radius 2 is 1.95 bits per heavy atom. The summed E-state index contributed by atoms with van der Waals surface area (Å²) in [4.78, 5) is 1.01. The van der Waals surface area contributed by atoms with E-state index in [4.69, 9.17) is 33.7 Å². The maximum absolute atomic E-state index is 6.15. The van der Waals surface area contributed by atoms with E-state index in [1.165, 1.54) is 11.3 Å². The Morgan fingerprint density at radius 1 is 1.21 bits per heavy atom. The largest absolute Gasteiger partial charge is 0.482 e. The van der Waals surface area contributed by atoms with Gasteiger partial charge in [-0.25, -0.2) is 0 Å². The quantitative estimate of drug-likeness (QED) is 0.850. The van der Waals surface area contributed by atoms with Gasteiger partial charge in [-0.1, -0.05) is 42.3 Å². The molecule has 19 heavy (non-hydrogen) atoms. The number of hydrogen-bond acceptors (Lipinski definition) is 3. The highest BCUT2D eigenvalue weighted by Gasteiger charge is 2.23. The Bertz CT molecular complexity index is 544. The van der Waals surface area contributed by atoms with Gasteiger partial charge in [-0.2, -0.15) is 0 Å². The van der Waals surface area contributed by atoms with Crippen LogP contribution in [0.1, 0.15) is 24.3 Å². The molecule has 1 aromatic heterocycles. The van der Waals surface area contributed by atoms with E-state index in [-0.39, 0.29) is 12.1 Å². The number of nitrogens with two attached hydrogens (primary N) is 1. The zero-order chi connectivity index (χ0) is 13.8. The van der Waals surface area contributed by atoms with Crippen LogP contribution in [0.25, 0.3) is 0 Å². The molecule has 0 amide bonds. The number of para-hydroxylation sites is 1. The third-order valence-corrected chi connectivity index (χ3v) is 4.43. The Labute approximate surface area is 127 Å². The van der Waals surface area contributed by atoms with Gasteiger partial charge in [0.05, 0.1) is 9.36 Å². The van der Waals surface area contributed by atoms with Crippen molar-refractivity contribution >= 4 is 34.5 Å². The van der Waals surface area contributed by atoms with E-state index in [1.54, 1.807) is 6.07 Å². The van der Waals surface area contributed by atoms with Crippen molar-refractivity contribution in [2.75, 3.05) is 0 Å². The molecular formula is C14H15Cl2NOS. The van der Waals surface area contributed by atoms with Crippen LogP contribution in [0.4, 0.5) is 0 Å². The molecule has 5 heteroatoms. The summed E-state index contributed by atoms with van der Waals surface area (Å²) in [5, 5.41) is 0.582. The highest BCUT2D eigenvalue weighted by Crippen LogP contribution is 2.34. The minimum absolute atomic E-state index is 0.106. The van der Waals surface area contributed by atoms with Crippen molar-refractivity contribution in [2.24, 2.45) is 5.73 Å². The number of ether oxygens (including phenoxy) is 1. The second-order valence-corrected chi connectivity index (χ2v) is 6.34. The molecule has 0 radical (unpaired) electrons. The summed E-state index contributed by atoms with van der Waals surface area (Å²) in [5.41, 5.74) is 6.15. The summed E-state index contributed by atoms with van der Waals surface area (Å²) < 4.78 is 6.72. The zero-order valence-corrected chi connectivity index (χ0v) is 12.8. The number of hydrogen-bond donors (Lipinski definition) is 1. The van der Waals surface area contributed by atoms with E-state index in [9.17, 15) is 0 Å².